The van der Waals surface area contributed by atoms with E-state index in [1.165, 1.54) is 0 Å². The van der Waals surface area contributed by atoms with Gasteiger partial charge in [0.2, 0.25) is 0 Å². The maximum atomic E-state index is 12.9. The molecule has 1 aromatic heterocycles. The zero-order valence-electron chi connectivity index (χ0n) is 18.1. The lowest BCUT2D eigenvalue weighted by molar-refractivity contribution is -0.109. The smallest absolute Gasteiger partial charge is 0.284 e. The Morgan fingerprint density at radius 2 is 1.91 bits per heavy atom. The third-order valence-electron chi connectivity index (χ3n) is 4.69. The van der Waals surface area contributed by atoms with Crippen molar-refractivity contribution in [1.29, 1.82) is 0 Å². The van der Waals surface area contributed by atoms with Gasteiger partial charge in [-0.25, -0.2) is 5.43 Å². The van der Waals surface area contributed by atoms with Crippen LogP contribution in [-0.4, -0.2) is 35.5 Å². The predicted octanol–water partition coefficient (Wildman–Crippen LogP) is 4.97. The summed E-state index contributed by atoms with van der Waals surface area (Å²) in [5.41, 5.74) is 7.48. The number of rotatable bonds is 11. The first kappa shape index (κ1) is 25.0. The SMILES string of the molecule is CSCCC(C=O)NNC(=O)c1ccc(SC(=O)NCc2cccs2)cc1-c1ccccc1. The zero-order chi connectivity index (χ0) is 23.5. The molecule has 2 aromatic carbocycles. The van der Waals surface area contributed by atoms with Crippen LogP contribution in [0, 0.1) is 0 Å². The Balaban J connectivity index is 1.74. The van der Waals surface area contributed by atoms with Crippen molar-refractivity contribution in [3.05, 3.63) is 76.5 Å². The molecule has 0 spiro atoms. The topological polar surface area (TPSA) is 87.3 Å². The summed E-state index contributed by atoms with van der Waals surface area (Å²) in [7, 11) is 0. The number of thiophene rings is 1. The molecule has 3 rings (SSSR count). The summed E-state index contributed by atoms with van der Waals surface area (Å²) in [5, 5.41) is 4.71. The standard InChI is InChI=1S/C24H25N3O3S3/c1-31-13-11-18(16-28)26-27-23(29)21-10-9-19(14-22(21)17-6-3-2-4-7-17)33-24(30)25-15-20-8-5-12-32-20/h2-10,12,14,16,18,26H,11,13,15H2,1H3,(H,25,30)(H,27,29). The predicted molar refractivity (Wildman–Crippen MR) is 138 cm³/mol. The molecule has 3 N–H and O–H groups in total. The quantitative estimate of drug-likeness (QED) is 0.196. The highest BCUT2D eigenvalue weighted by Crippen LogP contribution is 2.29. The minimum absolute atomic E-state index is 0.163. The summed E-state index contributed by atoms with van der Waals surface area (Å²) in [6, 6.07) is 18.3. The van der Waals surface area contributed by atoms with Gasteiger partial charge in [0.25, 0.3) is 11.1 Å². The molecule has 0 aliphatic carbocycles. The van der Waals surface area contributed by atoms with E-state index in [-0.39, 0.29) is 11.1 Å². The van der Waals surface area contributed by atoms with Gasteiger partial charge in [0.1, 0.15) is 6.29 Å². The van der Waals surface area contributed by atoms with Crippen LogP contribution in [0.3, 0.4) is 0 Å². The molecule has 1 heterocycles. The molecule has 0 aliphatic rings. The number of nitrogens with one attached hydrogen (secondary N) is 3. The summed E-state index contributed by atoms with van der Waals surface area (Å²) < 4.78 is 0. The second-order valence-electron chi connectivity index (χ2n) is 7.02. The first-order valence-corrected chi connectivity index (χ1v) is 13.4. The van der Waals surface area contributed by atoms with Gasteiger partial charge in [0.05, 0.1) is 12.6 Å². The lowest BCUT2D eigenvalue weighted by atomic mass is 9.99. The Morgan fingerprint density at radius 3 is 2.61 bits per heavy atom. The second kappa shape index (κ2) is 13.2. The normalized spacial score (nSPS) is 11.5. The van der Waals surface area contributed by atoms with Crippen molar-refractivity contribution in [2.24, 2.45) is 0 Å². The first-order valence-electron chi connectivity index (χ1n) is 10.3. The molecule has 1 atom stereocenters. The van der Waals surface area contributed by atoms with Crippen molar-refractivity contribution >= 4 is 52.3 Å². The molecule has 0 fully saturated rings. The largest absolute Gasteiger partial charge is 0.342 e. The van der Waals surface area contributed by atoms with E-state index in [2.05, 4.69) is 16.2 Å². The number of benzene rings is 2. The average molecular weight is 500 g/mol. The molecular weight excluding hydrogens is 474 g/mol. The van der Waals surface area contributed by atoms with Crippen LogP contribution in [0.2, 0.25) is 0 Å². The van der Waals surface area contributed by atoms with E-state index in [1.807, 2.05) is 60.2 Å². The lowest BCUT2D eigenvalue weighted by Crippen LogP contribution is -2.45. The molecule has 0 bridgehead atoms. The second-order valence-corrected chi connectivity index (χ2v) is 10.1. The Labute approximate surface area is 205 Å². The van der Waals surface area contributed by atoms with Crippen LogP contribution in [0.25, 0.3) is 11.1 Å². The molecule has 33 heavy (non-hydrogen) atoms. The van der Waals surface area contributed by atoms with Crippen molar-refractivity contribution in [3.8, 4) is 11.1 Å². The van der Waals surface area contributed by atoms with Crippen molar-refractivity contribution in [2.45, 2.75) is 23.9 Å². The summed E-state index contributed by atoms with van der Waals surface area (Å²) in [4.78, 5) is 38.4. The van der Waals surface area contributed by atoms with Crippen molar-refractivity contribution in [2.75, 3.05) is 12.0 Å². The zero-order valence-corrected chi connectivity index (χ0v) is 20.5. The van der Waals surface area contributed by atoms with Gasteiger partial charge in [-0.3, -0.25) is 15.0 Å². The summed E-state index contributed by atoms with van der Waals surface area (Å²) in [6.45, 7) is 0.482. The van der Waals surface area contributed by atoms with Crippen LogP contribution in [0.15, 0.2) is 70.9 Å². The third kappa shape index (κ3) is 7.75. The van der Waals surface area contributed by atoms with Gasteiger partial charge >= 0.3 is 0 Å². The molecular formula is C24H25N3O3S3. The van der Waals surface area contributed by atoms with E-state index in [1.54, 1.807) is 35.2 Å². The Hall–Kier alpha value is -2.59. The maximum Gasteiger partial charge on any atom is 0.284 e. The van der Waals surface area contributed by atoms with Gasteiger partial charge in [-0.15, -0.1) is 11.3 Å². The summed E-state index contributed by atoms with van der Waals surface area (Å²) >= 11 is 4.31. The van der Waals surface area contributed by atoms with Crippen LogP contribution in [0.4, 0.5) is 4.79 Å². The number of amides is 2. The fourth-order valence-corrected chi connectivity index (χ4v) is 4.81. The van der Waals surface area contributed by atoms with Crippen LogP contribution in [0.5, 0.6) is 0 Å². The molecule has 6 nitrogen and oxygen atoms in total. The van der Waals surface area contributed by atoms with E-state index in [0.717, 1.165) is 39.1 Å². The Kier molecular flexibility index (Phi) is 10.0. The van der Waals surface area contributed by atoms with Gasteiger partial charge in [0.15, 0.2) is 0 Å². The Morgan fingerprint density at radius 1 is 1.09 bits per heavy atom. The number of carbonyl (C=O) groups excluding carboxylic acids is 3. The highest BCUT2D eigenvalue weighted by molar-refractivity contribution is 8.13. The molecule has 0 saturated heterocycles. The highest BCUT2D eigenvalue weighted by atomic mass is 32.2. The van der Waals surface area contributed by atoms with E-state index in [4.69, 9.17) is 0 Å². The van der Waals surface area contributed by atoms with Gasteiger partial charge in [-0.05, 0) is 71.0 Å². The van der Waals surface area contributed by atoms with E-state index in [0.29, 0.717) is 24.1 Å². The van der Waals surface area contributed by atoms with Gasteiger partial charge in [-0.1, -0.05) is 36.4 Å². The number of thioether (sulfide) groups is 2. The highest BCUT2D eigenvalue weighted by Gasteiger charge is 2.16. The number of aldehydes is 1. The molecule has 172 valence electrons. The van der Waals surface area contributed by atoms with Gasteiger partial charge in [0, 0.05) is 15.3 Å². The van der Waals surface area contributed by atoms with Crippen molar-refractivity contribution in [3.63, 3.8) is 0 Å². The van der Waals surface area contributed by atoms with E-state index in [9.17, 15) is 14.4 Å². The molecule has 0 aliphatic heterocycles. The Bertz CT molecular complexity index is 1060. The third-order valence-corrected chi connectivity index (χ3v) is 7.03. The monoisotopic (exact) mass is 499 g/mol. The molecule has 0 radical (unpaired) electrons. The average Bonchev–Trinajstić information content (AvgIpc) is 3.37. The summed E-state index contributed by atoms with van der Waals surface area (Å²) in [6.07, 6.45) is 3.38. The lowest BCUT2D eigenvalue weighted by Gasteiger charge is -2.16. The molecule has 0 saturated carbocycles. The molecule has 1 unspecified atom stereocenters. The van der Waals surface area contributed by atoms with E-state index < -0.39 is 6.04 Å². The van der Waals surface area contributed by atoms with Crippen molar-refractivity contribution in [1.82, 2.24) is 16.2 Å². The van der Waals surface area contributed by atoms with Crippen LogP contribution in [-0.2, 0) is 11.3 Å². The fourth-order valence-electron chi connectivity index (χ4n) is 3.00. The van der Waals surface area contributed by atoms with Crippen LogP contribution >= 0.6 is 34.9 Å². The van der Waals surface area contributed by atoms with Crippen molar-refractivity contribution < 1.29 is 14.4 Å². The molecule has 3 aromatic rings. The number of hydrogen-bond acceptors (Lipinski definition) is 7. The van der Waals surface area contributed by atoms with Gasteiger partial charge in [-0.2, -0.15) is 11.8 Å². The first-order chi connectivity index (χ1) is 16.1. The number of hydrazine groups is 1. The fraction of sp³-hybridized carbons (Fsp3) is 0.208. The molecule has 9 heteroatoms. The molecule has 2 amide bonds. The minimum atomic E-state index is -0.455. The van der Waals surface area contributed by atoms with E-state index >= 15 is 0 Å². The number of carbonyl (C=O) groups is 3. The van der Waals surface area contributed by atoms with Crippen LogP contribution in [0.1, 0.15) is 21.7 Å². The number of hydrogen-bond donors (Lipinski definition) is 3. The maximum absolute atomic E-state index is 12.9. The van der Waals surface area contributed by atoms with Crippen LogP contribution < -0.4 is 16.2 Å². The summed E-state index contributed by atoms with van der Waals surface area (Å²) in [5.74, 6) is 0.464. The minimum Gasteiger partial charge on any atom is -0.342 e. The van der Waals surface area contributed by atoms with Gasteiger partial charge < -0.3 is 10.1 Å².